The number of nitrogens with one attached hydrogen (secondary N) is 1. The van der Waals surface area contributed by atoms with Crippen LogP contribution in [0.15, 0.2) is 12.2 Å². The fourth-order valence-corrected chi connectivity index (χ4v) is 3.66. The quantitative estimate of drug-likeness (QED) is 0.479. The highest BCUT2D eigenvalue weighted by molar-refractivity contribution is 5.94. The van der Waals surface area contributed by atoms with Gasteiger partial charge in [0.25, 0.3) is 0 Å². The zero-order chi connectivity index (χ0) is 13.9. The van der Waals surface area contributed by atoms with E-state index in [1.54, 1.807) is 0 Å². The Morgan fingerprint density at radius 3 is 2.89 bits per heavy atom. The molecule has 104 valence electrons. The molecule has 0 radical (unpaired) electrons. The Kier molecular flexibility index (Phi) is 4.24. The van der Waals surface area contributed by atoms with Gasteiger partial charge in [-0.05, 0) is 38.0 Å². The SMILES string of the molecule is C=C(C#N)C(=N)OC[C@@]12CCCC1CCCC(F)C2. The predicted octanol–water partition coefficient (Wildman–Crippen LogP) is 3.76. The van der Waals surface area contributed by atoms with Gasteiger partial charge in [-0.3, -0.25) is 5.41 Å². The van der Waals surface area contributed by atoms with Crippen LogP contribution >= 0.6 is 0 Å². The lowest BCUT2D eigenvalue weighted by molar-refractivity contribution is 0.0636. The number of nitrogens with zero attached hydrogens (tertiary/aromatic N) is 1. The second-order valence-corrected chi connectivity index (χ2v) is 5.89. The Bertz CT molecular complexity index is 415. The second kappa shape index (κ2) is 5.73. The van der Waals surface area contributed by atoms with Crippen LogP contribution in [0.2, 0.25) is 0 Å². The molecule has 4 heteroatoms. The van der Waals surface area contributed by atoms with E-state index in [0.29, 0.717) is 25.4 Å². The monoisotopic (exact) mass is 264 g/mol. The Morgan fingerprint density at radius 1 is 1.42 bits per heavy atom. The maximum Gasteiger partial charge on any atom is 0.223 e. The zero-order valence-corrected chi connectivity index (χ0v) is 11.3. The number of hydrogen-bond acceptors (Lipinski definition) is 3. The third-order valence-electron chi connectivity index (χ3n) is 4.70. The van der Waals surface area contributed by atoms with Crippen molar-refractivity contribution in [3.8, 4) is 6.07 Å². The Hall–Kier alpha value is -1.37. The summed E-state index contributed by atoms with van der Waals surface area (Å²) in [7, 11) is 0. The van der Waals surface area contributed by atoms with Gasteiger partial charge in [0, 0.05) is 5.41 Å². The van der Waals surface area contributed by atoms with Crippen molar-refractivity contribution in [1.82, 2.24) is 0 Å². The molecule has 19 heavy (non-hydrogen) atoms. The highest BCUT2D eigenvalue weighted by Crippen LogP contribution is 2.51. The van der Waals surface area contributed by atoms with Gasteiger partial charge < -0.3 is 4.74 Å². The molecule has 0 amide bonds. The van der Waals surface area contributed by atoms with Crippen molar-refractivity contribution in [3.63, 3.8) is 0 Å². The van der Waals surface area contributed by atoms with Crippen LogP contribution in [-0.2, 0) is 4.74 Å². The van der Waals surface area contributed by atoms with Crippen LogP contribution in [0.25, 0.3) is 0 Å². The summed E-state index contributed by atoms with van der Waals surface area (Å²) in [5.74, 6) is 0.346. The summed E-state index contributed by atoms with van der Waals surface area (Å²) >= 11 is 0. The van der Waals surface area contributed by atoms with Gasteiger partial charge in [0.05, 0.1) is 6.61 Å². The number of fused-ring (bicyclic) bond motifs is 1. The molecule has 3 nitrogen and oxygen atoms in total. The number of rotatable bonds is 3. The van der Waals surface area contributed by atoms with Gasteiger partial charge in [-0.15, -0.1) is 0 Å². The lowest BCUT2D eigenvalue weighted by Gasteiger charge is -2.34. The predicted molar refractivity (Wildman–Crippen MR) is 71.6 cm³/mol. The summed E-state index contributed by atoms with van der Waals surface area (Å²) in [6.07, 6.45) is 5.71. The first-order chi connectivity index (χ1) is 9.07. The molecule has 1 N–H and O–H groups in total. The fourth-order valence-electron chi connectivity index (χ4n) is 3.66. The van der Waals surface area contributed by atoms with Gasteiger partial charge in [-0.2, -0.15) is 5.26 Å². The average Bonchev–Trinajstić information content (AvgIpc) is 2.71. The molecular formula is C15H21FN2O. The average molecular weight is 264 g/mol. The van der Waals surface area contributed by atoms with Crippen LogP contribution in [0.1, 0.15) is 44.9 Å². The number of alkyl halides is 1. The third-order valence-corrected chi connectivity index (χ3v) is 4.70. The molecule has 2 rings (SSSR count). The van der Waals surface area contributed by atoms with Gasteiger partial charge in [-0.1, -0.05) is 19.4 Å². The summed E-state index contributed by atoms with van der Waals surface area (Å²) in [6.45, 7) is 3.83. The standard InChI is InChI=1S/C15H21FN2O/c1-11(9-17)14(18)19-10-15-7-3-5-12(15)4-2-6-13(16)8-15/h12-13,18H,1-8,10H2/t12?,13?,15-/m0/s1. The summed E-state index contributed by atoms with van der Waals surface area (Å²) < 4.78 is 19.3. The maximum atomic E-state index is 13.9. The molecule has 2 saturated carbocycles. The molecular weight excluding hydrogens is 243 g/mol. The molecule has 2 unspecified atom stereocenters. The summed E-state index contributed by atoms with van der Waals surface area (Å²) in [5.41, 5.74) is -0.0887. The Balaban J connectivity index is 2.04. The second-order valence-electron chi connectivity index (χ2n) is 5.89. The smallest absolute Gasteiger partial charge is 0.223 e. The summed E-state index contributed by atoms with van der Waals surface area (Å²) in [6, 6.07) is 1.81. The molecule has 0 saturated heterocycles. The largest absolute Gasteiger partial charge is 0.477 e. The summed E-state index contributed by atoms with van der Waals surface area (Å²) in [4.78, 5) is 0. The highest BCUT2D eigenvalue weighted by Gasteiger charge is 2.46. The van der Waals surface area contributed by atoms with Crippen molar-refractivity contribution < 1.29 is 9.13 Å². The van der Waals surface area contributed by atoms with Crippen molar-refractivity contribution in [1.29, 1.82) is 10.7 Å². The molecule has 0 spiro atoms. The van der Waals surface area contributed by atoms with Crippen LogP contribution in [0.5, 0.6) is 0 Å². The van der Waals surface area contributed by atoms with E-state index in [9.17, 15) is 4.39 Å². The van der Waals surface area contributed by atoms with Crippen LogP contribution < -0.4 is 0 Å². The van der Waals surface area contributed by atoms with E-state index < -0.39 is 6.17 Å². The van der Waals surface area contributed by atoms with Crippen molar-refractivity contribution >= 4 is 5.90 Å². The van der Waals surface area contributed by atoms with E-state index in [2.05, 4.69) is 6.58 Å². The zero-order valence-electron chi connectivity index (χ0n) is 11.3. The van der Waals surface area contributed by atoms with Crippen molar-refractivity contribution in [3.05, 3.63) is 12.2 Å². The number of hydrogen-bond donors (Lipinski definition) is 1. The Labute approximate surface area is 114 Å². The van der Waals surface area contributed by atoms with Crippen LogP contribution in [0.4, 0.5) is 4.39 Å². The van der Waals surface area contributed by atoms with E-state index in [0.717, 1.165) is 32.1 Å². The van der Waals surface area contributed by atoms with Crippen molar-refractivity contribution in [2.45, 2.75) is 51.1 Å². The van der Waals surface area contributed by atoms with Gasteiger partial charge in [0.1, 0.15) is 17.8 Å². The van der Waals surface area contributed by atoms with E-state index in [4.69, 9.17) is 15.4 Å². The fraction of sp³-hybridized carbons (Fsp3) is 0.733. The van der Waals surface area contributed by atoms with E-state index in [-0.39, 0.29) is 16.9 Å². The van der Waals surface area contributed by atoms with Gasteiger partial charge in [0.15, 0.2) is 0 Å². The van der Waals surface area contributed by atoms with Crippen molar-refractivity contribution in [2.24, 2.45) is 11.3 Å². The van der Waals surface area contributed by atoms with Gasteiger partial charge in [-0.25, -0.2) is 4.39 Å². The molecule has 2 fully saturated rings. The van der Waals surface area contributed by atoms with Crippen LogP contribution in [-0.4, -0.2) is 18.7 Å². The van der Waals surface area contributed by atoms with Gasteiger partial charge in [0.2, 0.25) is 5.90 Å². The van der Waals surface area contributed by atoms with Gasteiger partial charge >= 0.3 is 0 Å². The van der Waals surface area contributed by atoms with E-state index in [1.807, 2.05) is 6.07 Å². The third kappa shape index (κ3) is 2.97. The molecule has 0 aromatic heterocycles. The van der Waals surface area contributed by atoms with Crippen LogP contribution in [0, 0.1) is 28.1 Å². The molecule has 3 atom stereocenters. The Morgan fingerprint density at radius 2 is 2.16 bits per heavy atom. The van der Waals surface area contributed by atoms with Crippen molar-refractivity contribution in [2.75, 3.05) is 6.61 Å². The minimum absolute atomic E-state index is 0.0383. The first-order valence-corrected chi connectivity index (χ1v) is 7.02. The molecule has 2 aliphatic carbocycles. The molecule has 0 aromatic carbocycles. The lowest BCUT2D eigenvalue weighted by Crippen LogP contribution is -2.33. The molecule has 0 bridgehead atoms. The lowest BCUT2D eigenvalue weighted by atomic mass is 9.74. The first-order valence-electron chi connectivity index (χ1n) is 7.02. The number of nitriles is 1. The normalized spacial score (nSPS) is 33.9. The number of ether oxygens (including phenoxy) is 1. The summed E-state index contributed by atoms with van der Waals surface area (Å²) in [5, 5.41) is 16.3. The number of halogens is 1. The topological polar surface area (TPSA) is 56.9 Å². The molecule has 0 aromatic rings. The minimum Gasteiger partial charge on any atom is -0.477 e. The molecule has 0 heterocycles. The highest BCUT2D eigenvalue weighted by atomic mass is 19.1. The van der Waals surface area contributed by atoms with E-state index >= 15 is 0 Å². The van der Waals surface area contributed by atoms with E-state index in [1.165, 1.54) is 0 Å². The van der Waals surface area contributed by atoms with Crippen LogP contribution in [0.3, 0.4) is 0 Å². The first kappa shape index (κ1) is 14.0. The molecule has 0 aliphatic heterocycles. The maximum absolute atomic E-state index is 13.9. The minimum atomic E-state index is -0.750. The molecule has 2 aliphatic rings.